The molecule has 5 rings (SSSR count). The van der Waals surface area contributed by atoms with Crippen molar-refractivity contribution >= 4 is 33.8 Å². The lowest BCUT2D eigenvalue weighted by atomic mass is 9.89. The summed E-state index contributed by atoms with van der Waals surface area (Å²) in [6.07, 6.45) is 13.5. The number of H-pyrrole nitrogens is 2. The quantitative estimate of drug-likeness (QED) is 0.220. The normalized spacial score (nSPS) is 15.5. The average Bonchev–Trinajstić information content (AvgIpc) is 3.50. The number of aromatic nitrogens is 2. The Hall–Kier alpha value is -3.31. The maximum absolute atomic E-state index is 12.1. The summed E-state index contributed by atoms with van der Waals surface area (Å²) >= 11 is 0. The molecular weight excluding hydrogens is 420 g/mol. The van der Waals surface area contributed by atoms with Crippen molar-refractivity contribution in [3.05, 3.63) is 78.1 Å². The molecule has 0 atom stereocenters. The maximum atomic E-state index is 12.1. The third kappa shape index (κ3) is 5.26. The van der Waals surface area contributed by atoms with Crippen LogP contribution in [0.2, 0.25) is 0 Å². The molecule has 2 aromatic carbocycles. The Morgan fingerprint density at radius 1 is 0.912 bits per heavy atom. The molecule has 0 saturated carbocycles. The summed E-state index contributed by atoms with van der Waals surface area (Å²) in [7, 11) is 0. The summed E-state index contributed by atoms with van der Waals surface area (Å²) in [4.78, 5) is 21.4. The van der Waals surface area contributed by atoms with Crippen molar-refractivity contribution in [1.82, 2.24) is 20.2 Å². The van der Waals surface area contributed by atoms with Crippen molar-refractivity contribution in [3.8, 4) is 0 Å². The second-order valence-electron chi connectivity index (χ2n) is 9.38. The second-order valence-corrected chi connectivity index (χ2v) is 9.38. The molecule has 0 aliphatic carbocycles. The van der Waals surface area contributed by atoms with E-state index in [9.17, 15) is 4.79 Å². The summed E-state index contributed by atoms with van der Waals surface area (Å²) in [6, 6.07) is 16.8. The highest BCUT2D eigenvalue weighted by Crippen LogP contribution is 2.33. The highest BCUT2D eigenvalue weighted by atomic mass is 16.1. The number of carbonyl (C=O) groups excluding carboxylic acids is 1. The highest BCUT2D eigenvalue weighted by molar-refractivity contribution is 5.96. The van der Waals surface area contributed by atoms with Gasteiger partial charge in [-0.1, -0.05) is 42.8 Å². The minimum Gasteiger partial charge on any atom is -0.361 e. The molecule has 0 spiro atoms. The molecule has 3 heterocycles. The second kappa shape index (κ2) is 10.7. The lowest BCUT2D eigenvalue weighted by Gasteiger charge is -2.32. The van der Waals surface area contributed by atoms with Gasteiger partial charge in [-0.15, -0.1) is 0 Å². The molecular formula is C29H34N4O. The molecule has 1 amide bonds. The van der Waals surface area contributed by atoms with Crippen molar-refractivity contribution in [1.29, 1.82) is 0 Å². The van der Waals surface area contributed by atoms with Crippen LogP contribution in [0.15, 0.2) is 67.0 Å². The summed E-state index contributed by atoms with van der Waals surface area (Å²) in [5.74, 6) is 0.643. The van der Waals surface area contributed by atoms with Crippen LogP contribution in [-0.2, 0) is 4.79 Å². The van der Waals surface area contributed by atoms with Gasteiger partial charge in [0.2, 0.25) is 5.91 Å². The minimum absolute atomic E-state index is 0.0235. The molecule has 0 unspecified atom stereocenters. The molecule has 0 bridgehead atoms. The molecule has 0 radical (unpaired) electrons. The van der Waals surface area contributed by atoms with Gasteiger partial charge in [0.25, 0.3) is 0 Å². The zero-order chi connectivity index (χ0) is 23.2. The van der Waals surface area contributed by atoms with E-state index in [1.807, 2.05) is 30.5 Å². The number of piperidine rings is 1. The van der Waals surface area contributed by atoms with E-state index in [0.717, 1.165) is 42.4 Å². The van der Waals surface area contributed by atoms with Crippen molar-refractivity contribution in [2.45, 2.75) is 38.0 Å². The van der Waals surface area contributed by atoms with E-state index < -0.39 is 0 Å². The molecule has 1 fully saturated rings. The van der Waals surface area contributed by atoms with Crippen LogP contribution < -0.4 is 5.32 Å². The number of likely N-dealkylation sites (tertiary alicyclic amines) is 1. The number of fused-ring (bicyclic) bond motifs is 2. The van der Waals surface area contributed by atoms with Crippen LogP contribution >= 0.6 is 0 Å². The van der Waals surface area contributed by atoms with E-state index >= 15 is 0 Å². The number of nitrogens with zero attached hydrogens (tertiary/aromatic N) is 1. The Morgan fingerprint density at radius 3 is 2.44 bits per heavy atom. The van der Waals surface area contributed by atoms with Crippen molar-refractivity contribution < 1.29 is 4.79 Å². The van der Waals surface area contributed by atoms with E-state index in [-0.39, 0.29) is 5.91 Å². The lowest BCUT2D eigenvalue weighted by molar-refractivity contribution is -0.116. The van der Waals surface area contributed by atoms with Gasteiger partial charge in [-0.05, 0) is 80.6 Å². The molecule has 2 aromatic heterocycles. The van der Waals surface area contributed by atoms with Gasteiger partial charge < -0.3 is 20.2 Å². The van der Waals surface area contributed by atoms with Crippen molar-refractivity contribution in [2.24, 2.45) is 0 Å². The zero-order valence-electron chi connectivity index (χ0n) is 19.7. The van der Waals surface area contributed by atoms with Crippen LogP contribution in [0.25, 0.3) is 27.9 Å². The van der Waals surface area contributed by atoms with Crippen LogP contribution in [0.4, 0.5) is 0 Å². The van der Waals surface area contributed by atoms with Crippen LogP contribution in [0.5, 0.6) is 0 Å². The van der Waals surface area contributed by atoms with Crippen LogP contribution in [-0.4, -0.2) is 47.0 Å². The Bertz CT molecular complexity index is 1260. The fourth-order valence-electron chi connectivity index (χ4n) is 5.20. The maximum Gasteiger partial charge on any atom is 0.244 e. The molecule has 5 nitrogen and oxygen atoms in total. The van der Waals surface area contributed by atoms with Crippen molar-refractivity contribution in [2.75, 3.05) is 26.2 Å². The number of para-hydroxylation sites is 2. The van der Waals surface area contributed by atoms with Gasteiger partial charge in [-0.25, -0.2) is 0 Å². The standard InChI is InChI=1S/C29H34N4O/c34-29(13-12-23-20-31-27-10-4-2-8-24(23)27)30-16-6-1-7-17-33-18-14-22(15-19-33)26-21-32-28-11-5-3-9-25(26)28/h2-5,8-13,20-22,31-32H,1,6-7,14-19H2,(H,30,34)/b13-12+. The molecule has 34 heavy (non-hydrogen) atoms. The van der Waals surface area contributed by atoms with E-state index in [2.05, 4.69) is 56.7 Å². The third-order valence-electron chi connectivity index (χ3n) is 7.13. The number of nitrogens with one attached hydrogen (secondary N) is 3. The largest absolute Gasteiger partial charge is 0.361 e. The molecule has 1 aliphatic rings. The number of amides is 1. The van der Waals surface area contributed by atoms with Gasteiger partial charge >= 0.3 is 0 Å². The Kier molecular flexibility index (Phi) is 7.10. The summed E-state index contributed by atoms with van der Waals surface area (Å²) in [5, 5.41) is 5.54. The van der Waals surface area contributed by atoms with E-state index in [1.54, 1.807) is 6.08 Å². The van der Waals surface area contributed by atoms with E-state index in [4.69, 9.17) is 0 Å². The lowest BCUT2D eigenvalue weighted by Crippen LogP contribution is -2.33. The van der Waals surface area contributed by atoms with Gasteiger partial charge in [0.05, 0.1) is 0 Å². The van der Waals surface area contributed by atoms with Crippen LogP contribution in [0.1, 0.15) is 49.1 Å². The summed E-state index contributed by atoms with van der Waals surface area (Å²) < 4.78 is 0. The molecule has 3 N–H and O–H groups in total. The molecule has 4 aromatic rings. The first-order valence-corrected chi connectivity index (χ1v) is 12.6. The Balaban J connectivity index is 0.967. The Labute approximate surface area is 201 Å². The van der Waals surface area contributed by atoms with Gasteiger partial charge in [-0.3, -0.25) is 4.79 Å². The van der Waals surface area contributed by atoms with Gasteiger partial charge in [0, 0.05) is 46.8 Å². The Morgan fingerprint density at radius 2 is 1.62 bits per heavy atom. The van der Waals surface area contributed by atoms with E-state index in [1.165, 1.54) is 48.8 Å². The SMILES string of the molecule is O=C(/C=C/c1c[nH]c2ccccc12)NCCCCCN1CCC(c2c[nH]c3ccccc23)CC1. The van der Waals surface area contributed by atoms with Gasteiger partial charge in [0.15, 0.2) is 0 Å². The molecule has 5 heteroatoms. The molecule has 1 saturated heterocycles. The van der Waals surface area contributed by atoms with Crippen LogP contribution in [0.3, 0.4) is 0 Å². The number of unbranched alkanes of at least 4 members (excludes halogenated alkanes) is 2. The topological polar surface area (TPSA) is 63.9 Å². The monoisotopic (exact) mass is 454 g/mol. The average molecular weight is 455 g/mol. The first-order valence-electron chi connectivity index (χ1n) is 12.6. The smallest absolute Gasteiger partial charge is 0.244 e. The number of benzene rings is 2. The van der Waals surface area contributed by atoms with E-state index in [0.29, 0.717) is 5.92 Å². The number of aromatic amines is 2. The fourth-order valence-corrected chi connectivity index (χ4v) is 5.20. The summed E-state index contributed by atoms with van der Waals surface area (Å²) in [6.45, 7) is 4.26. The third-order valence-corrected chi connectivity index (χ3v) is 7.13. The molecule has 1 aliphatic heterocycles. The first-order chi connectivity index (χ1) is 16.8. The zero-order valence-corrected chi connectivity index (χ0v) is 19.7. The predicted molar refractivity (Wildman–Crippen MR) is 141 cm³/mol. The fraction of sp³-hybridized carbons (Fsp3) is 0.345. The number of hydrogen-bond donors (Lipinski definition) is 3. The molecule has 176 valence electrons. The minimum atomic E-state index is -0.0235. The predicted octanol–water partition coefficient (Wildman–Crippen LogP) is 5.83. The van der Waals surface area contributed by atoms with Gasteiger partial charge in [-0.2, -0.15) is 0 Å². The highest BCUT2D eigenvalue weighted by Gasteiger charge is 2.22. The summed E-state index contributed by atoms with van der Waals surface area (Å²) in [5.41, 5.74) is 4.87. The number of carbonyl (C=O) groups is 1. The van der Waals surface area contributed by atoms with Gasteiger partial charge in [0.1, 0.15) is 0 Å². The first kappa shape index (κ1) is 22.5. The number of rotatable bonds is 9. The van der Waals surface area contributed by atoms with Crippen molar-refractivity contribution in [3.63, 3.8) is 0 Å². The van der Waals surface area contributed by atoms with Crippen LogP contribution in [0, 0.1) is 0 Å². The number of hydrogen-bond acceptors (Lipinski definition) is 2.